The minimum atomic E-state index is 1.09. The van der Waals surface area contributed by atoms with Crippen molar-refractivity contribution in [2.75, 3.05) is 4.90 Å². The second kappa shape index (κ2) is 15.8. The average molecular weight is 815 g/mol. The molecule has 0 aliphatic rings. The molecule has 0 bridgehead atoms. The lowest BCUT2D eigenvalue weighted by Gasteiger charge is -2.26. The van der Waals surface area contributed by atoms with Gasteiger partial charge in [-0.15, -0.1) is 0 Å². The molecule has 0 fully saturated rings. The van der Waals surface area contributed by atoms with Crippen molar-refractivity contribution in [3.63, 3.8) is 0 Å². The first-order valence-electron chi connectivity index (χ1n) is 22.0. The largest absolute Gasteiger partial charge is 0.310 e. The molecule has 0 amide bonds. The van der Waals surface area contributed by atoms with E-state index in [2.05, 4.69) is 264 Å². The van der Waals surface area contributed by atoms with Crippen molar-refractivity contribution in [3.05, 3.63) is 255 Å². The molecule has 64 heavy (non-hydrogen) atoms. The van der Waals surface area contributed by atoms with Gasteiger partial charge in [-0.3, -0.25) is 0 Å². The van der Waals surface area contributed by atoms with Crippen LogP contribution < -0.4 is 4.90 Å². The van der Waals surface area contributed by atoms with Crippen LogP contribution in [0.1, 0.15) is 0 Å². The van der Waals surface area contributed by atoms with Crippen LogP contribution in [0.5, 0.6) is 0 Å². The van der Waals surface area contributed by atoms with Gasteiger partial charge in [0, 0.05) is 33.5 Å². The van der Waals surface area contributed by atoms with Crippen LogP contribution in [-0.2, 0) is 0 Å². The van der Waals surface area contributed by atoms with Gasteiger partial charge >= 0.3 is 0 Å². The topological polar surface area (TPSA) is 8.17 Å². The Labute approximate surface area is 373 Å². The fraction of sp³-hybridized carbons (Fsp3) is 0. The van der Waals surface area contributed by atoms with Crippen LogP contribution >= 0.6 is 0 Å². The van der Waals surface area contributed by atoms with Gasteiger partial charge in [-0.25, -0.2) is 0 Å². The highest BCUT2D eigenvalue weighted by Gasteiger charge is 2.20. The second-order valence-electron chi connectivity index (χ2n) is 16.4. The molecule has 1 aromatic heterocycles. The van der Waals surface area contributed by atoms with Gasteiger partial charge < -0.3 is 9.47 Å². The molecule has 1 heterocycles. The lowest BCUT2D eigenvalue weighted by atomic mass is 9.84. The number of nitrogens with zero attached hydrogens (tertiary/aromatic N) is 2. The van der Waals surface area contributed by atoms with Gasteiger partial charge in [0.1, 0.15) is 0 Å². The molecule has 2 nitrogen and oxygen atoms in total. The third-order valence-corrected chi connectivity index (χ3v) is 12.8. The van der Waals surface area contributed by atoms with E-state index in [0.717, 1.165) is 28.3 Å². The highest BCUT2D eigenvalue weighted by molar-refractivity contribution is 6.22. The first-order chi connectivity index (χ1) is 31.8. The normalized spacial score (nSPS) is 11.4. The maximum Gasteiger partial charge on any atom is 0.0547 e. The van der Waals surface area contributed by atoms with Gasteiger partial charge in [0.05, 0.1) is 11.0 Å². The Bertz CT molecular complexity index is 3630. The predicted molar refractivity (Wildman–Crippen MR) is 272 cm³/mol. The molecule has 300 valence electrons. The molecular formula is C62H42N2. The summed E-state index contributed by atoms with van der Waals surface area (Å²) >= 11 is 0. The van der Waals surface area contributed by atoms with Crippen molar-refractivity contribution in [1.29, 1.82) is 0 Å². The van der Waals surface area contributed by atoms with E-state index in [0.29, 0.717) is 0 Å². The van der Waals surface area contributed by atoms with Gasteiger partial charge in [0.25, 0.3) is 0 Å². The van der Waals surface area contributed by atoms with Gasteiger partial charge in [-0.05, 0) is 133 Å². The number of para-hydroxylation sites is 3. The summed E-state index contributed by atoms with van der Waals surface area (Å²) in [6.45, 7) is 0. The third kappa shape index (κ3) is 6.35. The minimum Gasteiger partial charge on any atom is -0.310 e. The zero-order chi connectivity index (χ0) is 42.4. The monoisotopic (exact) mass is 814 g/mol. The van der Waals surface area contributed by atoms with E-state index < -0.39 is 0 Å². The summed E-state index contributed by atoms with van der Waals surface area (Å²) in [6.07, 6.45) is 0. The van der Waals surface area contributed by atoms with Crippen molar-refractivity contribution in [2.24, 2.45) is 0 Å². The molecule has 12 aromatic rings. The van der Waals surface area contributed by atoms with Crippen LogP contribution in [0.25, 0.3) is 93.5 Å². The summed E-state index contributed by atoms with van der Waals surface area (Å²) in [6, 6.07) is 92.5. The average Bonchev–Trinajstić information content (AvgIpc) is 3.72. The van der Waals surface area contributed by atoms with Crippen LogP contribution in [0.2, 0.25) is 0 Å². The minimum absolute atomic E-state index is 1.09. The summed E-state index contributed by atoms with van der Waals surface area (Å²) in [7, 11) is 0. The van der Waals surface area contributed by atoms with E-state index >= 15 is 0 Å². The zero-order valence-electron chi connectivity index (χ0n) is 35.1. The van der Waals surface area contributed by atoms with Crippen molar-refractivity contribution in [2.45, 2.75) is 0 Å². The summed E-state index contributed by atoms with van der Waals surface area (Å²) in [5.41, 5.74) is 16.5. The second-order valence-corrected chi connectivity index (χ2v) is 16.4. The van der Waals surface area contributed by atoms with Crippen LogP contribution in [0.15, 0.2) is 255 Å². The number of hydrogen-bond donors (Lipinski definition) is 0. The van der Waals surface area contributed by atoms with Crippen molar-refractivity contribution < 1.29 is 0 Å². The first-order valence-corrected chi connectivity index (χ1v) is 22.0. The van der Waals surface area contributed by atoms with E-state index in [-0.39, 0.29) is 0 Å². The van der Waals surface area contributed by atoms with E-state index in [4.69, 9.17) is 0 Å². The molecule has 0 radical (unpaired) electrons. The van der Waals surface area contributed by atoms with Gasteiger partial charge in [0.2, 0.25) is 0 Å². The van der Waals surface area contributed by atoms with Crippen molar-refractivity contribution in [3.8, 4) is 50.2 Å². The Balaban J connectivity index is 0.989. The van der Waals surface area contributed by atoms with E-state index in [1.165, 1.54) is 82.3 Å². The number of aromatic nitrogens is 1. The predicted octanol–water partition coefficient (Wildman–Crippen LogP) is 17.2. The Morgan fingerprint density at radius 2 is 0.750 bits per heavy atom. The molecule has 0 saturated carbocycles. The summed E-state index contributed by atoms with van der Waals surface area (Å²) in [4.78, 5) is 2.37. The molecule has 11 aromatic carbocycles. The van der Waals surface area contributed by atoms with E-state index in [1.807, 2.05) is 0 Å². The van der Waals surface area contributed by atoms with Gasteiger partial charge in [-0.1, -0.05) is 188 Å². The Morgan fingerprint density at radius 3 is 1.47 bits per heavy atom. The zero-order valence-corrected chi connectivity index (χ0v) is 35.1. The number of fused-ring (bicyclic) bond motifs is 6. The van der Waals surface area contributed by atoms with E-state index in [1.54, 1.807) is 0 Å². The van der Waals surface area contributed by atoms with Crippen LogP contribution in [-0.4, -0.2) is 4.57 Å². The molecule has 0 aliphatic carbocycles. The summed E-state index contributed by atoms with van der Waals surface area (Å²) < 4.78 is 2.38. The molecule has 0 atom stereocenters. The summed E-state index contributed by atoms with van der Waals surface area (Å²) in [5, 5.41) is 7.52. The molecule has 0 unspecified atom stereocenters. The number of benzene rings is 11. The van der Waals surface area contributed by atoms with Gasteiger partial charge in [0.15, 0.2) is 0 Å². The van der Waals surface area contributed by atoms with Crippen LogP contribution in [0, 0.1) is 0 Å². The van der Waals surface area contributed by atoms with Crippen molar-refractivity contribution >= 4 is 60.4 Å². The SMILES string of the molecule is c1ccc(-c2c(-c3ccccc3)c3cc(-c4cccc(N(c5ccccc5)c5ccc(-c6cccc7c6c6ccccc6n7-c6ccccc6)cc5)c4)ccc3c3ccccc23)cc1. The summed E-state index contributed by atoms with van der Waals surface area (Å²) in [5.74, 6) is 0. The molecule has 0 N–H and O–H groups in total. The quantitative estimate of drug-likeness (QED) is 0.139. The Hall–Kier alpha value is -8.46. The maximum atomic E-state index is 2.41. The van der Waals surface area contributed by atoms with Crippen LogP contribution in [0.3, 0.4) is 0 Å². The standard InChI is InChI=1S/C62H42N2/c1-5-19-44(20-6-1)60-55-30-14-13-29-53(55)54-40-37-47(42-57(54)61(60)45-21-7-2-8-22-45)46-23-17-28-51(41-46)63(48-24-9-3-10-25-48)50-38-35-43(36-39-50)52-32-18-34-59-62(52)56-31-15-16-33-58(56)64(59)49-26-11-4-12-27-49/h1-42H. The lowest BCUT2D eigenvalue weighted by Crippen LogP contribution is -2.09. The van der Waals surface area contributed by atoms with Gasteiger partial charge in [-0.2, -0.15) is 0 Å². The molecule has 12 rings (SSSR count). The fourth-order valence-electron chi connectivity index (χ4n) is 9.93. The number of anilines is 3. The fourth-order valence-corrected chi connectivity index (χ4v) is 9.93. The smallest absolute Gasteiger partial charge is 0.0547 e. The molecular weight excluding hydrogens is 773 g/mol. The maximum absolute atomic E-state index is 2.41. The molecule has 2 heteroatoms. The van der Waals surface area contributed by atoms with Crippen LogP contribution in [0.4, 0.5) is 17.1 Å². The molecule has 0 aliphatic heterocycles. The Kier molecular flexibility index (Phi) is 9.20. The third-order valence-electron chi connectivity index (χ3n) is 12.8. The highest BCUT2D eigenvalue weighted by Crippen LogP contribution is 2.46. The lowest BCUT2D eigenvalue weighted by molar-refractivity contribution is 1.18. The molecule has 0 saturated heterocycles. The number of rotatable bonds is 8. The van der Waals surface area contributed by atoms with Crippen molar-refractivity contribution in [1.82, 2.24) is 4.57 Å². The highest BCUT2D eigenvalue weighted by atomic mass is 15.1. The Morgan fingerprint density at radius 1 is 0.266 bits per heavy atom. The first kappa shape index (κ1) is 37.3. The molecule has 0 spiro atoms. The number of hydrogen-bond acceptors (Lipinski definition) is 1. The van der Waals surface area contributed by atoms with E-state index in [9.17, 15) is 0 Å².